The summed E-state index contributed by atoms with van der Waals surface area (Å²) in [5, 5.41) is 3.47. The number of hydrogen-bond acceptors (Lipinski definition) is 2. The second-order valence-corrected chi connectivity index (χ2v) is 5.98. The molecule has 1 N–H and O–H groups in total. The van der Waals surface area contributed by atoms with E-state index in [-0.39, 0.29) is 0 Å². The van der Waals surface area contributed by atoms with E-state index >= 15 is 0 Å². The molecule has 20 heavy (non-hydrogen) atoms. The Morgan fingerprint density at radius 3 is 2.60 bits per heavy atom. The smallest absolute Gasteiger partial charge is 0.119 e. The summed E-state index contributed by atoms with van der Waals surface area (Å²) in [6, 6.07) is 15.1. The third kappa shape index (κ3) is 3.84. The lowest BCUT2D eigenvalue weighted by atomic mass is 9.99. The van der Waals surface area contributed by atoms with Crippen LogP contribution in [-0.4, -0.2) is 13.2 Å². The number of nitrogens with one attached hydrogen (secondary N) is 1. The fraction of sp³-hybridized carbons (Fsp3) is 0.294. The zero-order valence-corrected chi connectivity index (χ0v) is 13.7. The van der Waals surface area contributed by atoms with E-state index < -0.39 is 0 Å². The summed E-state index contributed by atoms with van der Waals surface area (Å²) in [6.45, 7) is 5.13. The van der Waals surface area contributed by atoms with Crippen LogP contribution in [0.3, 0.4) is 0 Å². The van der Waals surface area contributed by atoms with Crippen molar-refractivity contribution in [2.24, 2.45) is 0 Å². The molecular formula is C17H20BrNO. The molecule has 0 aliphatic rings. The number of rotatable bonds is 5. The van der Waals surface area contributed by atoms with Crippen LogP contribution in [0.25, 0.3) is 11.1 Å². The molecule has 0 unspecified atom stereocenters. The molecule has 0 fully saturated rings. The fourth-order valence-corrected chi connectivity index (χ4v) is 2.49. The molecule has 106 valence electrons. The topological polar surface area (TPSA) is 21.3 Å². The number of methoxy groups -OCH3 is 1. The maximum atomic E-state index is 5.34. The lowest BCUT2D eigenvalue weighted by molar-refractivity contribution is 0.414. The Balaban J connectivity index is 2.40. The van der Waals surface area contributed by atoms with Gasteiger partial charge in [-0.25, -0.2) is 0 Å². The van der Waals surface area contributed by atoms with Gasteiger partial charge in [-0.1, -0.05) is 48.0 Å². The normalized spacial score (nSPS) is 10.8. The molecule has 2 nitrogen and oxygen atoms in total. The summed E-state index contributed by atoms with van der Waals surface area (Å²) in [6.07, 6.45) is 0. The molecule has 2 aromatic carbocycles. The van der Waals surface area contributed by atoms with Gasteiger partial charge in [-0.05, 0) is 41.0 Å². The van der Waals surface area contributed by atoms with Crippen LogP contribution in [0.2, 0.25) is 0 Å². The highest BCUT2D eigenvalue weighted by Crippen LogP contribution is 2.29. The van der Waals surface area contributed by atoms with Gasteiger partial charge in [-0.2, -0.15) is 0 Å². The average molecular weight is 334 g/mol. The van der Waals surface area contributed by atoms with Gasteiger partial charge in [0, 0.05) is 17.1 Å². The predicted molar refractivity (Wildman–Crippen MR) is 88.1 cm³/mol. The van der Waals surface area contributed by atoms with Gasteiger partial charge in [-0.15, -0.1) is 0 Å². The molecule has 0 aromatic heterocycles. The van der Waals surface area contributed by atoms with Crippen molar-refractivity contribution in [3.8, 4) is 16.9 Å². The highest BCUT2D eigenvalue weighted by atomic mass is 79.9. The summed E-state index contributed by atoms with van der Waals surface area (Å²) in [5.74, 6) is 0.893. The molecule has 0 radical (unpaired) electrons. The molecule has 2 aromatic rings. The van der Waals surface area contributed by atoms with Crippen molar-refractivity contribution in [1.29, 1.82) is 0 Å². The highest BCUT2D eigenvalue weighted by molar-refractivity contribution is 9.10. The van der Waals surface area contributed by atoms with Crippen LogP contribution in [0.4, 0.5) is 0 Å². The monoisotopic (exact) mass is 333 g/mol. The lowest BCUT2D eigenvalue weighted by Crippen LogP contribution is -2.22. The van der Waals surface area contributed by atoms with Crippen LogP contribution < -0.4 is 10.1 Å². The summed E-state index contributed by atoms with van der Waals surface area (Å²) in [5.41, 5.74) is 3.69. The van der Waals surface area contributed by atoms with Crippen molar-refractivity contribution < 1.29 is 4.74 Å². The zero-order valence-electron chi connectivity index (χ0n) is 12.1. The first kappa shape index (κ1) is 15.1. The quantitative estimate of drug-likeness (QED) is 0.861. The molecule has 3 heteroatoms. The fourth-order valence-electron chi connectivity index (χ4n) is 2.10. The summed E-state index contributed by atoms with van der Waals surface area (Å²) >= 11 is 3.53. The molecule has 0 saturated carbocycles. The van der Waals surface area contributed by atoms with Crippen molar-refractivity contribution in [2.45, 2.75) is 26.4 Å². The number of hydrogen-bond donors (Lipinski definition) is 1. The number of benzene rings is 2. The van der Waals surface area contributed by atoms with Crippen LogP contribution in [0.5, 0.6) is 5.75 Å². The van der Waals surface area contributed by atoms with E-state index in [1.54, 1.807) is 7.11 Å². The molecule has 0 spiro atoms. The summed E-state index contributed by atoms with van der Waals surface area (Å²) < 4.78 is 6.43. The van der Waals surface area contributed by atoms with E-state index in [0.717, 1.165) is 16.8 Å². The maximum absolute atomic E-state index is 5.34. The minimum atomic E-state index is 0.455. The SMILES string of the molecule is COc1ccc(-c2cccc(Br)c2)c(CNC(C)C)c1. The van der Waals surface area contributed by atoms with E-state index in [1.807, 2.05) is 12.1 Å². The molecule has 2 rings (SSSR count). The Labute approximate surface area is 129 Å². The Morgan fingerprint density at radius 1 is 1.15 bits per heavy atom. The highest BCUT2D eigenvalue weighted by Gasteiger charge is 2.08. The van der Waals surface area contributed by atoms with E-state index in [0.29, 0.717) is 6.04 Å². The summed E-state index contributed by atoms with van der Waals surface area (Å²) in [4.78, 5) is 0. The molecule has 0 atom stereocenters. The molecule has 0 saturated heterocycles. The van der Waals surface area contributed by atoms with Gasteiger partial charge >= 0.3 is 0 Å². The van der Waals surface area contributed by atoms with E-state index in [1.165, 1.54) is 16.7 Å². The van der Waals surface area contributed by atoms with Crippen LogP contribution in [0, 0.1) is 0 Å². The standard InChI is InChI=1S/C17H20BrNO/c1-12(2)19-11-14-10-16(20-3)7-8-17(14)13-5-4-6-15(18)9-13/h4-10,12,19H,11H2,1-3H3. The Hall–Kier alpha value is -1.32. The van der Waals surface area contributed by atoms with Crippen molar-refractivity contribution in [1.82, 2.24) is 5.32 Å². The third-order valence-electron chi connectivity index (χ3n) is 3.15. The maximum Gasteiger partial charge on any atom is 0.119 e. The van der Waals surface area contributed by atoms with E-state index in [4.69, 9.17) is 4.74 Å². The van der Waals surface area contributed by atoms with Gasteiger partial charge < -0.3 is 10.1 Å². The number of halogens is 1. The zero-order chi connectivity index (χ0) is 14.5. The van der Waals surface area contributed by atoms with Crippen molar-refractivity contribution in [3.63, 3.8) is 0 Å². The van der Waals surface area contributed by atoms with Gasteiger partial charge in [0.25, 0.3) is 0 Å². The van der Waals surface area contributed by atoms with Crippen molar-refractivity contribution in [3.05, 3.63) is 52.5 Å². The largest absolute Gasteiger partial charge is 0.497 e. The van der Waals surface area contributed by atoms with Gasteiger partial charge in [0.15, 0.2) is 0 Å². The van der Waals surface area contributed by atoms with Gasteiger partial charge in [-0.3, -0.25) is 0 Å². The third-order valence-corrected chi connectivity index (χ3v) is 3.64. The minimum absolute atomic E-state index is 0.455. The molecule has 0 aliphatic carbocycles. The molecule has 0 aliphatic heterocycles. The second-order valence-electron chi connectivity index (χ2n) is 5.07. The molecular weight excluding hydrogens is 314 g/mol. The van der Waals surface area contributed by atoms with Crippen molar-refractivity contribution >= 4 is 15.9 Å². The minimum Gasteiger partial charge on any atom is -0.497 e. The van der Waals surface area contributed by atoms with E-state index in [9.17, 15) is 0 Å². The molecule has 0 amide bonds. The Bertz CT molecular complexity index is 581. The first-order valence-electron chi connectivity index (χ1n) is 6.76. The number of ether oxygens (including phenoxy) is 1. The van der Waals surface area contributed by atoms with Crippen molar-refractivity contribution in [2.75, 3.05) is 7.11 Å². The molecule has 0 heterocycles. The van der Waals surface area contributed by atoms with Crippen LogP contribution in [0.1, 0.15) is 19.4 Å². The van der Waals surface area contributed by atoms with E-state index in [2.05, 4.69) is 65.4 Å². The first-order chi connectivity index (χ1) is 9.60. The Morgan fingerprint density at radius 2 is 1.95 bits per heavy atom. The molecule has 0 bridgehead atoms. The first-order valence-corrected chi connectivity index (χ1v) is 7.55. The summed E-state index contributed by atoms with van der Waals surface area (Å²) in [7, 11) is 1.70. The van der Waals surface area contributed by atoms with Crippen LogP contribution >= 0.6 is 15.9 Å². The van der Waals surface area contributed by atoms with Gasteiger partial charge in [0.05, 0.1) is 7.11 Å². The Kier molecular flexibility index (Phi) is 5.21. The van der Waals surface area contributed by atoms with Crippen LogP contribution in [0.15, 0.2) is 46.9 Å². The second kappa shape index (κ2) is 6.91. The van der Waals surface area contributed by atoms with Gasteiger partial charge in [0.2, 0.25) is 0 Å². The average Bonchev–Trinajstić information content (AvgIpc) is 2.44. The lowest BCUT2D eigenvalue weighted by Gasteiger charge is -2.14. The van der Waals surface area contributed by atoms with Crippen LogP contribution in [-0.2, 0) is 6.54 Å². The predicted octanol–water partition coefficient (Wildman–Crippen LogP) is 4.62. The van der Waals surface area contributed by atoms with Gasteiger partial charge in [0.1, 0.15) is 5.75 Å².